The molecule has 3 N–H and O–H groups in total. The van der Waals surface area contributed by atoms with Gasteiger partial charge in [-0.15, -0.1) is 0 Å². The number of aromatic nitrogens is 1. The van der Waals surface area contributed by atoms with E-state index in [1.165, 1.54) is 6.07 Å². The number of carbonyl (C=O) groups is 1. The highest BCUT2D eigenvalue weighted by Crippen LogP contribution is 2.23. The summed E-state index contributed by atoms with van der Waals surface area (Å²) in [5, 5.41) is 6.64. The summed E-state index contributed by atoms with van der Waals surface area (Å²) in [5.74, 6) is -0.300. The lowest BCUT2D eigenvalue weighted by Gasteiger charge is -2.14. The minimum absolute atomic E-state index is 0.0587. The molecule has 0 fully saturated rings. The average molecular weight is 433 g/mol. The van der Waals surface area contributed by atoms with Crippen molar-refractivity contribution in [2.75, 3.05) is 21.9 Å². The van der Waals surface area contributed by atoms with Crippen LogP contribution in [0.2, 0.25) is 0 Å². The van der Waals surface area contributed by atoms with Crippen LogP contribution < -0.4 is 15.4 Å². The van der Waals surface area contributed by atoms with E-state index >= 15 is 0 Å². The number of carbonyl (C=O) groups excluding carboxylic acids is 1. The molecule has 1 aromatic heterocycles. The maximum atomic E-state index is 12.8. The van der Waals surface area contributed by atoms with E-state index < -0.39 is 10.0 Å². The molecule has 0 unspecified atom stereocenters. The van der Waals surface area contributed by atoms with Crippen molar-refractivity contribution >= 4 is 43.9 Å². The van der Waals surface area contributed by atoms with Crippen LogP contribution in [0.1, 0.15) is 0 Å². The first-order valence-corrected chi connectivity index (χ1v) is 11.0. The summed E-state index contributed by atoms with van der Waals surface area (Å²) in [6, 6.07) is 24.3. The van der Waals surface area contributed by atoms with Crippen LogP contribution in [0.5, 0.6) is 0 Å². The van der Waals surface area contributed by atoms with Gasteiger partial charge in [0, 0.05) is 23.0 Å². The fraction of sp³-hybridized carbons (Fsp3) is 0.0435. The van der Waals surface area contributed by atoms with Crippen LogP contribution >= 0.6 is 0 Å². The smallest absolute Gasteiger partial charge is 0.263 e. The molecule has 0 radical (unpaired) electrons. The van der Waals surface area contributed by atoms with Crippen molar-refractivity contribution in [2.45, 2.75) is 4.90 Å². The molecule has 8 heteroatoms. The van der Waals surface area contributed by atoms with E-state index in [2.05, 4.69) is 20.3 Å². The van der Waals surface area contributed by atoms with Crippen molar-refractivity contribution in [3.05, 3.63) is 91.1 Å². The summed E-state index contributed by atoms with van der Waals surface area (Å²) in [6.45, 7) is -0.0943. The number of benzene rings is 3. The number of pyridine rings is 1. The number of fused-ring (bicyclic) bond motifs is 1. The molecular weight excluding hydrogens is 412 g/mol. The van der Waals surface area contributed by atoms with Crippen molar-refractivity contribution in [1.29, 1.82) is 0 Å². The zero-order chi connectivity index (χ0) is 21.7. The molecule has 0 aliphatic heterocycles. The molecule has 156 valence electrons. The Morgan fingerprint density at radius 2 is 1.61 bits per heavy atom. The summed E-state index contributed by atoms with van der Waals surface area (Å²) in [4.78, 5) is 16.7. The summed E-state index contributed by atoms with van der Waals surface area (Å²) in [7, 11) is -3.83. The molecule has 0 saturated heterocycles. The highest BCUT2D eigenvalue weighted by atomic mass is 32.2. The fourth-order valence-corrected chi connectivity index (χ4v) is 4.34. The first kappa shape index (κ1) is 20.4. The lowest BCUT2D eigenvalue weighted by Crippen LogP contribution is -2.23. The summed E-state index contributed by atoms with van der Waals surface area (Å²) in [5.41, 5.74) is 2.27. The number of nitrogens with one attached hydrogen (secondary N) is 3. The second kappa shape index (κ2) is 8.85. The van der Waals surface area contributed by atoms with Gasteiger partial charge in [-0.3, -0.25) is 14.5 Å². The summed E-state index contributed by atoms with van der Waals surface area (Å²) >= 11 is 0. The van der Waals surface area contributed by atoms with Gasteiger partial charge in [0.15, 0.2) is 0 Å². The van der Waals surface area contributed by atoms with Gasteiger partial charge in [-0.05, 0) is 48.5 Å². The van der Waals surface area contributed by atoms with Crippen LogP contribution in [-0.2, 0) is 14.8 Å². The largest absolute Gasteiger partial charge is 0.375 e. The van der Waals surface area contributed by atoms with Crippen molar-refractivity contribution < 1.29 is 13.2 Å². The third-order valence-electron chi connectivity index (χ3n) is 4.53. The molecule has 0 spiro atoms. The van der Waals surface area contributed by atoms with Crippen LogP contribution in [0.15, 0.2) is 96.0 Å². The lowest BCUT2D eigenvalue weighted by molar-refractivity contribution is -0.114. The van der Waals surface area contributed by atoms with E-state index in [9.17, 15) is 13.2 Å². The molecule has 1 amide bonds. The van der Waals surface area contributed by atoms with Gasteiger partial charge in [0.05, 0.1) is 17.7 Å². The van der Waals surface area contributed by atoms with Gasteiger partial charge >= 0.3 is 0 Å². The van der Waals surface area contributed by atoms with Crippen molar-refractivity contribution in [2.24, 2.45) is 0 Å². The van der Waals surface area contributed by atoms with Crippen LogP contribution in [-0.4, -0.2) is 25.9 Å². The molecule has 4 rings (SSSR count). The molecule has 3 aromatic carbocycles. The molecule has 0 bridgehead atoms. The molecule has 0 aliphatic carbocycles. The molecular formula is C23H20N4O3S. The van der Waals surface area contributed by atoms with Gasteiger partial charge in [0.25, 0.3) is 10.0 Å². The number of para-hydroxylation sites is 2. The quantitative estimate of drug-likeness (QED) is 0.408. The lowest BCUT2D eigenvalue weighted by atomic mass is 10.2. The van der Waals surface area contributed by atoms with Crippen LogP contribution in [0, 0.1) is 0 Å². The average Bonchev–Trinajstić information content (AvgIpc) is 2.78. The topological polar surface area (TPSA) is 100 Å². The monoisotopic (exact) mass is 432 g/mol. The molecule has 0 saturated carbocycles. The predicted molar refractivity (Wildman–Crippen MR) is 123 cm³/mol. The Hall–Kier alpha value is -3.91. The summed E-state index contributed by atoms with van der Waals surface area (Å²) in [6.07, 6.45) is 1.71. The molecule has 4 aromatic rings. The molecule has 7 nitrogen and oxygen atoms in total. The number of anilines is 3. The Balaban J connectivity index is 1.45. The van der Waals surface area contributed by atoms with Gasteiger partial charge in [0.2, 0.25) is 5.91 Å². The van der Waals surface area contributed by atoms with Crippen LogP contribution in [0.4, 0.5) is 17.1 Å². The number of hydrogen-bond donors (Lipinski definition) is 3. The fourth-order valence-electron chi connectivity index (χ4n) is 3.10. The van der Waals surface area contributed by atoms with E-state index in [4.69, 9.17) is 0 Å². The van der Waals surface area contributed by atoms with E-state index in [0.29, 0.717) is 17.1 Å². The number of nitrogens with zero attached hydrogens (tertiary/aromatic N) is 1. The normalized spacial score (nSPS) is 11.1. The maximum absolute atomic E-state index is 12.8. The Kier molecular flexibility index (Phi) is 5.81. The van der Waals surface area contributed by atoms with Crippen molar-refractivity contribution in [1.82, 2.24) is 4.98 Å². The zero-order valence-corrected chi connectivity index (χ0v) is 17.3. The Morgan fingerprint density at radius 1 is 0.839 bits per heavy atom. The standard InChI is InChI=1S/C23H20N4O3S/c28-23(26-19-12-13-20-17(15-19)7-6-14-24-20)16-25-21-10-4-5-11-22(21)31(29,30)27-18-8-2-1-3-9-18/h1-15,25,27H,16H2,(H,26,28). The number of hydrogen-bond acceptors (Lipinski definition) is 5. The predicted octanol–water partition coefficient (Wildman–Crippen LogP) is 4.09. The molecule has 31 heavy (non-hydrogen) atoms. The zero-order valence-electron chi connectivity index (χ0n) is 16.4. The van der Waals surface area contributed by atoms with Gasteiger partial charge < -0.3 is 10.6 Å². The second-order valence-electron chi connectivity index (χ2n) is 6.78. The molecule has 0 atom stereocenters. The van der Waals surface area contributed by atoms with Gasteiger partial charge in [-0.1, -0.05) is 36.4 Å². The van der Waals surface area contributed by atoms with Crippen LogP contribution in [0.3, 0.4) is 0 Å². The van der Waals surface area contributed by atoms with E-state index in [1.807, 2.05) is 24.3 Å². The number of amides is 1. The Morgan fingerprint density at radius 3 is 2.45 bits per heavy atom. The van der Waals surface area contributed by atoms with Gasteiger partial charge in [-0.2, -0.15) is 0 Å². The Bertz CT molecular complexity index is 1330. The first-order chi connectivity index (χ1) is 15.0. The van der Waals surface area contributed by atoms with E-state index in [0.717, 1.165) is 10.9 Å². The van der Waals surface area contributed by atoms with Gasteiger partial charge in [0.1, 0.15) is 4.90 Å². The molecule has 0 aliphatic rings. The van der Waals surface area contributed by atoms with E-state index in [-0.39, 0.29) is 17.3 Å². The minimum atomic E-state index is -3.83. The maximum Gasteiger partial charge on any atom is 0.263 e. The van der Waals surface area contributed by atoms with Crippen molar-refractivity contribution in [3.63, 3.8) is 0 Å². The highest BCUT2D eigenvalue weighted by Gasteiger charge is 2.18. The highest BCUT2D eigenvalue weighted by molar-refractivity contribution is 7.92. The third kappa shape index (κ3) is 4.99. The Labute approximate surface area is 180 Å². The van der Waals surface area contributed by atoms with Crippen LogP contribution in [0.25, 0.3) is 10.9 Å². The molecule has 1 heterocycles. The van der Waals surface area contributed by atoms with E-state index in [1.54, 1.807) is 60.8 Å². The number of sulfonamides is 1. The SMILES string of the molecule is O=C(CNc1ccccc1S(=O)(=O)Nc1ccccc1)Nc1ccc2ncccc2c1. The van der Waals surface area contributed by atoms with Crippen molar-refractivity contribution in [3.8, 4) is 0 Å². The second-order valence-corrected chi connectivity index (χ2v) is 8.43. The summed E-state index contributed by atoms with van der Waals surface area (Å²) < 4.78 is 28.2. The minimum Gasteiger partial charge on any atom is -0.375 e. The third-order valence-corrected chi connectivity index (χ3v) is 5.97. The number of rotatable bonds is 7. The first-order valence-electron chi connectivity index (χ1n) is 9.57. The van der Waals surface area contributed by atoms with Gasteiger partial charge in [-0.25, -0.2) is 8.42 Å².